The van der Waals surface area contributed by atoms with Gasteiger partial charge in [-0.1, -0.05) is 5.57 Å². The SMILES string of the molecule is C=C(C)CCNc1ncnc2c1ncn2[C@@H]1O[C@H](CO)[C@@H](O)[C@H]1O.Cn1cnc2c(ncn2[C@@H]2O[C@H](CO)[C@@H](O)[C@H]2O)c1=N. The summed E-state index contributed by atoms with van der Waals surface area (Å²) < 4.78 is 15.4. The van der Waals surface area contributed by atoms with Crippen molar-refractivity contribution in [1.29, 1.82) is 5.41 Å². The largest absolute Gasteiger partial charge is 0.394 e. The Morgan fingerprint density at radius 3 is 1.91 bits per heavy atom. The van der Waals surface area contributed by atoms with E-state index in [2.05, 4.69) is 36.8 Å². The molecule has 0 aliphatic carbocycles. The van der Waals surface area contributed by atoms with Gasteiger partial charge in [0.1, 0.15) is 48.5 Å². The Labute approximate surface area is 250 Å². The first-order valence-electron chi connectivity index (χ1n) is 13.8. The molecule has 44 heavy (non-hydrogen) atoms. The average Bonchev–Trinajstić information content (AvgIpc) is 3.77. The molecule has 2 saturated heterocycles. The molecule has 8 atom stereocenters. The Kier molecular flexibility index (Phi) is 9.32. The highest BCUT2D eigenvalue weighted by Crippen LogP contribution is 2.32. The zero-order chi connectivity index (χ0) is 31.7. The third kappa shape index (κ3) is 5.81. The first kappa shape index (κ1) is 31.5. The van der Waals surface area contributed by atoms with Gasteiger partial charge in [-0.05, 0) is 13.3 Å². The minimum atomic E-state index is -1.20. The maximum absolute atomic E-state index is 10.2. The van der Waals surface area contributed by atoms with Gasteiger partial charge in [0.2, 0.25) is 0 Å². The van der Waals surface area contributed by atoms with E-state index in [-0.39, 0.29) is 12.1 Å². The lowest BCUT2D eigenvalue weighted by atomic mass is 10.1. The number of imidazole rings is 2. The molecule has 0 aromatic carbocycles. The predicted molar refractivity (Wildman–Crippen MR) is 152 cm³/mol. The van der Waals surface area contributed by atoms with Crippen LogP contribution in [0.3, 0.4) is 0 Å². The van der Waals surface area contributed by atoms with Gasteiger partial charge >= 0.3 is 0 Å². The highest BCUT2D eigenvalue weighted by atomic mass is 16.6. The van der Waals surface area contributed by atoms with Crippen molar-refractivity contribution in [3.8, 4) is 0 Å². The Balaban J connectivity index is 0.000000177. The van der Waals surface area contributed by atoms with Crippen LogP contribution in [0.2, 0.25) is 0 Å². The van der Waals surface area contributed by atoms with Gasteiger partial charge in [-0.3, -0.25) is 14.5 Å². The number of aryl methyl sites for hydroxylation is 1. The van der Waals surface area contributed by atoms with Crippen molar-refractivity contribution in [3.05, 3.63) is 42.9 Å². The van der Waals surface area contributed by atoms with E-state index >= 15 is 0 Å². The molecule has 6 rings (SSSR count). The van der Waals surface area contributed by atoms with E-state index in [4.69, 9.17) is 20.0 Å². The van der Waals surface area contributed by atoms with Crippen LogP contribution in [0.15, 0.2) is 37.5 Å². The second-order valence-corrected chi connectivity index (χ2v) is 10.7. The molecule has 2 aliphatic heterocycles. The summed E-state index contributed by atoms with van der Waals surface area (Å²) in [4.78, 5) is 20.9. The molecule has 18 heteroatoms. The molecule has 8 N–H and O–H groups in total. The number of aliphatic hydroxyl groups excluding tert-OH is 6. The molecule has 0 radical (unpaired) electrons. The third-order valence-electron chi connectivity index (χ3n) is 7.48. The number of nitrogens with one attached hydrogen (secondary N) is 2. The zero-order valence-corrected chi connectivity index (χ0v) is 24.0. The molecule has 0 spiro atoms. The number of rotatable bonds is 8. The molecule has 0 saturated carbocycles. The van der Waals surface area contributed by atoms with Crippen molar-refractivity contribution < 1.29 is 40.1 Å². The lowest BCUT2D eigenvalue weighted by Crippen LogP contribution is -2.33. The molecule has 0 unspecified atom stereocenters. The molecule has 4 aromatic rings. The van der Waals surface area contributed by atoms with Gasteiger partial charge in [-0.25, -0.2) is 24.9 Å². The summed E-state index contributed by atoms with van der Waals surface area (Å²) in [6.45, 7) is 5.70. The molecule has 0 bridgehead atoms. The Morgan fingerprint density at radius 1 is 0.841 bits per heavy atom. The number of ether oxygens (including phenoxy) is 2. The smallest absolute Gasteiger partial charge is 0.167 e. The number of aliphatic hydroxyl groups is 6. The minimum Gasteiger partial charge on any atom is -0.394 e. The lowest BCUT2D eigenvalue weighted by Gasteiger charge is -2.16. The van der Waals surface area contributed by atoms with Crippen LogP contribution in [-0.4, -0.2) is 126 Å². The number of fused-ring (bicyclic) bond motifs is 2. The number of aromatic nitrogens is 8. The van der Waals surface area contributed by atoms with Crippen LogP contribution in [0.5, 0.6) is 0 Å². The highest BCUT2D eigenvalue weighted by Gasteiger charge is 2.45. The van der Waals surface area contributed by atoms with Gasteiger partial charge < -0.3 is 50.0 Å². The number of hydrogen-bond acceptors (Lipinski definition) is 15. The summed E-state index contributed by atoms with van der Waals surface area (Å²) in [5.74, 6) is 0.576. The zero-order valence-electron chi connectivity index (χ0n) is 24.0. The maximum atomic E-state index is 10.2. The fourth-order valence-corrected chi connectivity index (χ4v) is 4.98. The number of anilines is 1. The van der Waals surface area contributed by atoms with E-state index in [1.165, 1.54) is 39.0 Å². The van der Waals surface area contributed by atoms with E-state index in [0.717, 1.165) is 12.0 Å². The van der Waals surface area contributed by atoms with E-state index in [1.807, 2.05) is 6.92 Å². The summed E-state index contributed by atoms with van der Waals surface area (Å²) in [6.07, 6.45) is -1.68. The second-order valence-electron chi connectivity index (χ2n) is 10.7. The van der Waals surface area contributed by atoms with Crippen molar-refractivity contribution in [1.82, 2.24) is 38.6 Å². The fourth-order valence-electron chi connectivity index (χ4n) is 4.98. The van der Waals surface area contributed by atoms with Crippen LogP contribution >= 0.6 is 0 Å². The summed E-state index contributed by atoms with van der Waals surface area (Å²) in [6, 6.07) is 0. The molecule has 2 fully saturated rings. The average molecular weight is 617 g/mol. The minimum absolute atomic E-state index is 0.181. The van der Waals surface area contributed by atoms with Gasteiger partial charge in [-0.2, -0.15) is 0 Å². The first-order chi connectivity index (χ1) is 21.1. The summed E-state index contributed by atoms with van der Waals surface area (Å²) in [7, 11) is 1.68. The summed E-state index contributed by atoms with van der Waals surface area (Å²) in [5.41, 5.74) is 3.00. The fraction of sp³-hybridized carbons (Fsp3) is 0.538. The highest BCUT2D eigenvalue weighted by molar-refractivity contribution is 5.82. The van der Waals surface area contributed by atoms with E-state index in [9.17, 15) is 25.5 Å². The van der Waals surface area contributed by atoms with Crippen LogP contribution in [0.25, 0.3) is 22.3 Å². The quantitative estimate of drug-likeness (QED) is 0.0967. The Morgan fingerprint density at radius 2 is 1.39 bits per heavy atom. The van der Waals surface area contributed by atoms with Crippen molar-refractivity contribution in [2.75, 3.05) is 25.1 Å². The van der Waals surface area contributed by atoms with Crippen LogP contribution in [-0.2, 0) is 16.5 Å². The van der Waals surface area contributed by atoms with E-state index < -0.39 is 55.7 Å². The Bertz CT molecular complexity index is 1670. The molecule has 6 heterocycles. The number of hydrogen-bond donors (Lipinski definition) is 8. The molecule has 0 amide bonds. The van der Waals surface area contributed by atoms with Crippen LogP contribution in [0.1, 0.15) is 25.8 Å². The van der Waals surface area contributed by atoms with Gasteiger partial charge in [0.25, 0.3) is 0 Å². The van der Waals surface area contributed by atoms with Crippen LogP contribution in [0.4, 0.5) is 5.82 Å². The van der Waals surface area contributed by atoms with Gasteiger partial charge in [-0.15, -0.1) is 6.58 Å². The predicted octanol–water partition coefficient (Wildman–Crippen LogP) is -2.32. The third-order valence-corrected chi connectivity index (χ3v) is 7.48. The number of nitrogens with zero attached hydrogens (tertiary/aromatic N) is 8. The molecular formula is C26H36N10O8. The van der Waals surface area contributed by atoms with Gasteiger partial charge in [0.05, 0.1) is 32.2 Å². The van der Waals surface area contributed by atoms with Crippen molar-refractivity contribution in [3.63, 3.8) is 0 Å². The second kappa shape index (κ2) is 13.0. The molecule has 18 nitrogen and oxygen atoms in total. The topological polar surface area (TPSA) is 255 Å². The van der Waals surface area contributed by atoms with Crippen molar-refractivity contribution in [2.45, 2.75) is 62.4 Å². The summed E-state index contributed by atoms with van der Waals surface area (Å²) >= 11 is 0. The monoisotopic (exact) mass is 616 g/mol. The maximum Gasteiger partial charge on any atom is 0.167 e. The van der Waals surface area contributed by atoms with Crippen molar-refractivity contribution in [2.24, 2.45) is 7.05 Å². The normalized spacial score (nSPS) is 28.4. The van der Waals surface area contributed by atoms with Crippen molar-refractivity contribution >= 4 is 28.1 Å². The molecule has 2 aliphatic rings. The van der Waals surface area contributed by atoms with E-state index in [0.29, 0.717) is 34.7 Å². The van der Waals surface area contributed by atoms with Gasteiger partial charge in [0, 0.05) is 13.6 Å². The molecular weight excluding hydrogens is 580 g/mol. The lowest BCUT2D eigenvalue weighted by molar-refractivity contribution is -0.0511. The Hall–Kier alpha value is -3.88. The van der Waals surface area contributed by atoms with Crippen LogP contribution in [0, 0.1) is 5.41 Å². The van der Waals surface area contributed by atoms with E-state index in [1.54, 1.807) is 7.05 Å². The molecule has 4 aromatic heterocycles. The first-order valence-corrected chi connectivity index (χ1v) is 13.8. The molecule has 238 valence electrons. The standard InChI is InChI=1S/C15H21N5O4.C11H15N5O4/c1-8(2)3-4-16-13-10-14(18-6-17-13)20(7-19-10)15-12(23)11(22)9(5-21)24-15;1-15-3-14-10-6(9(15)12)13-4-16(10)11-8(19)7(18)5(2-17)20-11/h6-7,9,11-12,15,21-23H,1,3-5H2,2H3,(H,16,17,18);3-5,7-8,11-12,17-19H,2H2,1H3/t9-,11-,12-,15-;5-,7-,8-,11-/m11/s1. The van der Waals surface area contributed by atoms with Crippen LogP contribution < -0.4 is 10.8 Å². The summed E-state index contributed by atoms with van der Waals surface area (Å²) in [5, 5.41) is 69.2. The van der Waals surface area contributed by atoms with Gasteiger partial charge in [0.15, 0.2) is 40.6 Å².